The van der Waals surface area contributed by atoms with Crippen LogP contribution in [-0.2, 0) is 0 Å². The second-order valence-electron chi connectivity index (χ2n) is 4.86. The molecule has 0 aliphatic heterocycles. The zero-order chi connectivity index (χ0) is 15.5. The smallest absolute Gasteiger partial charge is 0.287 e. The number of hydrogen-bond donors (Lipinski definition) is 1. The van der Waals surface area contributed by atoms with Gasteiger partial charge in [-0.25, -0.2) is 4.98 Å². The minimum Gasteiger partial charge on any atom is -0.444 e. The first-order chi connectivity index (χ1) is 10.6. The van der Waals surface area contributed by atoms with Gasteiger partial charge in [0.25, 0.3) is 5.91 Å². The number of imidazole rings is 1. The van der Waals surface area contributed by atoms with Gasteiger partial charge in [-0.1, -0.05) is 12.1 Å². The molecule has 2 heterocycles. The molecule has 0 aliphatic carbocycles. The van der Waals surface area contributed by atoms with Gasteiger partial charge in [0.1, 0.15) is 0 Å². The second kappa shape index (κ2) is 6.19. The molecule has 6 heteroatoms. The summed E-state index contributed by atoms with van der Waals surface area (Å²) in [7, 11) is 0. The van der Waals surface area contributed by atoms with Crippen LogP contribution in [0.25, 0.3) is 5.69 Å². The Morgan fingerprint density at radius 1 is 1.27 bits per heavy atom. The summed E-state index contributed by atoms with van der Waals surface area (Å²) >= 11 is 3.18. The SMILES string of the molecule is C[C@@H](NC(=O)c1ccc(Br)o1)c1ccc(-n2ccnc2)cc1. The molecule has 1 aromatic carbocycles. The number of amides is 1. The third-order valence-corrected chi connectivity index (χ3v) is 3.77. The van der Waals surface area contributed by atoms with E-state index in [4.69, 9.17) is 4.42 Å². The molecule has 0 bridgehead atoms. The van der Waals surface area contributed by atoms with Gasteiger partial charge >= 0.3 is 0 Å². The number of benzene rings is 1. The summed E-state index contributed by atoms with van der Waals surface area (Å²) in [4.78, 5) is 16.1. The number of hydrogen-bond acceptors (Lipinski definition) is 3. The molecule has 22 heavy (non-hydrogen) atoms. The van der Waals surface area contributed by atoms with Crippen LogP contribution in [0, 0.1) is 0 Å². The molecule has 0 saturated heterocycles. The molecular weight excluding hydrogens is 346 g/mol. The van der Waals surface area contributed by atoms with E-state index in [0.29, 0.717) is 4.67 Å². The van der Waals surface area contributed by atoms with Crippen molar-refractivity contribution in [3.05, 3.63) is 71.1 Å². The van der Waals surface area contributed by atoms with Gasteiger partial charge in [-0.05, 0) is 52.7 Å². The van der Waals surface area contributed by atoms with Crippen molar-refractivity contribution in [2.75, 3.05) is 0 Å². The zero-order valence-electron chi connectivity index (χ0n) is 11.9. The third-order valence-electron chi connectivity index (χ3n) is 3.34. The minimum absolute atomic E-state index is 0.117. The van der Waals surface area contributed by atoms with Gasteiger partial charge in [-0.2, -0.15) is 0 Å². The molecule has 3 rings (SSSR count). The van der Waals surface area contributed by atoms with Crippen LogP contribution in [0.2, 0.25) is 0 Å². The van der Waals surface area contributed by atoms with E-state index in [1.54, 1.807) is 24.7 Å². The summed E-state index contributed by atoms with van der Waals surface area (Å²) in [6.07, 6.45) is 5.36. The Morgan fingerprint density at radius 2 is 2.05 bits per heavy atom. The largest absolute Gasteiger partial charge is 0.444 e. The first-order valence-electron chi connectivity index (χ1n) is 6.78. The maximum Gasteiger partial charge on any atom is 0.287 e. The molecule has 0 radical (unpaired) electrons. The lowest BCUT2D eigenvalue weighted by Gasteiger charge is -2.14. The van der Waals surface area contributed by atoms with Crippen LogP contribution in [0.4, 0.5) is 0 Å². The van der Waals surface area contributed by atoms with Crippen molar-refractivity contribution in [3.8, 4) is 5.69 Å². The van der Waals surface area contributed by atoms with Gasteiger partial charge < -0.3 is 14.3 Å². The summed E-state index contributed by atoms with van der Waals surface area (Å²) < 4.78 is 7.71. The fourth-order valence-electron chi connectivity index (χ4n) is 2.13. The van der Waals surface area contributed by atoms with Crippen LogP contribution >= 0.6 is 15.9 Å². The molecule has 1 atom stereocenters. The highest BCUT2D eigenvalue weighted by Crippen LogP contribution is 2.18. The molecule has 1 amide bonds. The van der Waals surface area contributed by atoms with Gasteiger partial charge in [0.2, 0.25) is 0 Å². The van der Waals surface area contributed by atoms with Crippen LogP contribution in [0.3, 0.4) is 0 Å². The number of nitrogens with zero attached hydrogens (tertiary/aromatic N) is 2. The van der Waals surface area contributed by atoms with Crippen LogP contribution in [0.5, 0.6) is 0 Å². The van der Waals surface area contributed by atoms with Gasteiger partial charge in [0.05, 0.1) is 12.4 Å². The van der Waals surface area contributed by atoms with Crippen molar-refractivity contribution in [3.63, 3.8) is 0 Å². The number of aromatic nitrogens is 2. The number of nitrogens with one attached hydrogen (secondary N) is 1. The van der Waals surface area contributed by atoms with E-state index in [0.717, 1.165) is 11.3 Å². The molecule has 0 saturated carbocycles. The standard InChI is InChI=1S/C16H14BrN3O2/c1-11(19-16(21)14-6-7-15(17)22-14)12-2-4-13(5-3-12)20-9-8-18-10-20/h2-11H,1H3,(H,19,21)/t11-/m1/s1. The Hall–Kier alpha value is -2.34. The van der Waals surface area contributed by atoms with E-state index >= 15 is 0 Å². The third kappa shape index (κ3) is 3.12. The Kier molecular flexibility index (Phi) is 4.11. The maximum absolute atomic E-state index is 12.1. The van der Waals surface area contributed by atoms with Crippen molar-refractivity contribution < 1.29 is 9.21 Å². The van der Waals surface area contributed by atoms with E-state index in [1.807, 2.05) is 42.0 Å². The van der Waals surface area contributed by atoms with E-state index in [9.17, 15) is 4.79 Å². The van der Waals surface area contributed by atoms with Gasteiger partial charge in [0, 0.05) is 18.1 Å². The fraction of sp³-hybridized carbons (Fsp3) is 0.125. The Labute approximate surface area is 136 Å². The topological polar surface area (TPSA) is 60.1 Å². The van der Waals surface area contributed by atoms with Crippen molar-refractivity contribution in [1.29, 1.82) is 0 Å². The van der Waals surface area contributed by atoms with Crippen molar-refractivity contribution >= 4 is 21.8 Å². The number of halogens is 1. The first-order valence-corrected chi connectivity index (χ1v) is 7.57. The Morgan fingerprint density at radius 3 is 2.64 bits per heavy atom. The van der Waals surface area contributed by atoms with Crippen molar-refractivity contribution in [1.82, 2.24) is 14.9 Å². The van der Waals surface area contributed by atoms with Gasteiger partial charge in [-0.3, -0.25) is 4.79 Å². The lowest BCUT2D eigenvalue weighted by Crippen LogP contribution is -2.26. The maximum atomic E-state index is 12.1. The predicted octanol–water partition coefficient (Wildman–Crippen LogP) is 3.72. The highest BCUT2D eigenvalue weighted by atomic mass is 79.9. The lowest BCUT2D eigenvalue weighted by molar-refractivity contribution is 0.0910. The molecule has 0 spiro atoms. The lowest BCUT2D eigenvalue weighted by atomic mass is 10.1. The highest BCUT2D eigenvalue weighted by molar-refractivity contribution is 9.10. The second-order valence-corrected chi connectivity index (χ2v) is 5.64. The monoisotopic (exact) mass is 359 g/mol. The summed E-state index contributed by atoms with van der Waals surface area (Å²) in [6.45, 7) is 1.93. The summed E-state index contributed by atoms with van der Waals surface area (Å²) in [6, 6.07) is 11.2. The summed E-state index contributed by atoms with van der Waals surface area (Å²) in [5, 5.41) is 2.91. The van der Waals surface area contributed by atoms with Crippen LogP contribution in [0.1, 0.15) is 29.1 Å². The Balaban J connectivity index is 1.69. The number of carbonyl (C=O) groups is 1. The predicted molar refractivity (Wildman–Crippen MR) is 85.9 cm³/mol. The van der Waals surface area contributed by atoms with Gasteiger partial charge in [0.15, 0.2) is 10.4 Å². The average Bonchev–Trinajstić information content (AvgIpc) is 3.18. The van der Waals surface area contributed by atoms with Crippen molar-refractivity contribution in [2.24, 2.45) is 0 Å². The number of rotatable bonds is 4. The molecule has 0 unspecified atom stereocenters. The fourth-order valence-corrected chi connectivity index (χ4v) is 2.44. The minimum atomic E-state index is -0.239. The molecule has 3 aromatic rings. The molecule has 0 fully saturated rings. The zero-order valence-corrected chi connectivity index (χ0v) is 13.4. The highest BCUT2D eigenvalue weighted by Gasteiger charge is 2.14. The molecular formula is C16H14BrN3O2. The first kappa shape index (κ1) is 14.6. The van der Waals surface area contributed by atoms with E-state index in [2.05, 4.69) is 26.2 Å². The Bertz CT molecular complexity index is 763. The van der Waals surface area contributed by atoms with Crippen LogP contribution < -0.4 is 5.32 Å². The van der Waals surface area contributed by atoms with E-state index in [1.165, 1.54) is 0 Å². The molecule has 0 aliphatic rings. The van der Waals surface area contributed by atoms with Crippen molar-refractivity contribution in [2.45, 2.75) is 13.0 Å². The summed E-state index contributed by atoms with van der Waals surface area (Å²) in [5.41, 5.74) is 2.04. The van der Waals surface area contributed by atoms with Crippen LogP contribution in [-0.4, -0.2) is 15.5 Å². The normalized spacial score (nSPS) is 12.1. The quantitative estimate of drug-likeness (QED) is 0.772. The molecule has 112 valence electrons. The molecule has 1 N–H and O–H groups in total. The van der Waals surface area contributed by atoms with E-state index in [-0.39, 0.29) is 17.7 Å². The summed E-state index contributed by atoms with van der Waals surface area (Å²) in [5.74, 6) is 0.0469. The van der Waals surface area contributed by atoms with E-state index < -0.39 is 0 Å². The van der Waals surface area contributed by atoms with Crippen LogP contribution in [0.15, 0.2) is 64.2 Å². The number of carbonyl (C=O) groups excluding carboxylic acids is 1. The average molecular weight is 360 g/mol. The molecule has 2 aromatic heterocycles. The van der Waals surface area contributed by atoms with Gasteiger partial charge in [-0.15, -0.1) is 0 Å². The molecule has 5 nitrogen and oxygen atoms in total. The number of furan rings is 1.